The first-order valence-electron chi connectivity index (χ1n) is 8.11. The molecule has 0 aromatic rings. The number of rotatable bonds is 8. The van der Waals surface area contributed by atoms with Crippen molar-refractivity contribution in [2.45, 2.75) is 65.8 Å². The van der Waals surface area contributed by atoms with E-state index in [1.807, 2.05) is 6.92 Å². The Bertz CT molecular complexity index is 254. The molecule has 2 nitrogen and oxygen atoms in total. The molecule has 0 saturated heterocycles. The van der Waals surface area contributed by atoms with Gasteiger partial charge in [0.05, 0.1) is 12.4 Å². The van der Waals surface area contributed by atoms with Crippen LogP contribution in [-0.2, 0) is 4.74 Å². The van der Waals surface area contributed by atoms with Crippen molar-refractivity contribution in [1.29, 1.82) is 0 Å². The Kier molecular flexibility index (Phi) is 7.52. The van der Waals surface area contributed by atoms with Gasteiger partial charge in [0.2, 0.25) is 0 Å². The lowest BCUT2D eigenvalue weighted by molar-refractivity contribution is 0.147. The van der Waals surface area contributed by atoms with Gasteiger partial charge >= 0.3 is 0 Å². The van der Waals surface area contributed by atoms with Crippen molar-refractivity contribution in [3.63, 3.8) is 0 Å². The largest absolute Gasteiger partial charge is 0.499 e. The van der Waals surface area contributed by atoms with Crippen molar-refractivity contribution in [2.24, 2.45) is 11.8 Å². The van der Waals surface area contributed by atoms with E-state index in [0.717, 1.165) is 30.6 Å². The summed E-state index contributed by atoms with van der Waals surface area (Å²) in [6.45, 7) is 16.2. The Hall–Kier alpha value is -0.500. The maximum absolute atomic E-state index is 5.48. The van der Waals surface area contributed by atoms with E-state index in [-0.39, 0.29) is 0 Å². The lowest BCUT2D eigenvalue weighted by Gasteiger charge is -2.34. The van der Waals surface area contributed by atoms with Gasteiger partial charge in [-0.2, -0.15) is 0 Å². The van der Waals surface area contributed by atoms with Gasteiger partial charge in [-0.05, 0) is 64.8 Å². The second-order valence-electron chi connectivity index (χ2n) is 6.24. The Morgan fingerprint density at radius 3 is 2.21 bits per heavy atom. The van der Waals surface area contributed by atoms with Gasteiger partial charge in [-0.25, -0.2) is 0 Å². The fourth-order valence-corrected chi connectivity index (χ4v) is 3.24. The van der Waals surface area contributed by atoms with E-state index in [1.165, 1.54) is 38.8 Å². The molecule has 112 valence electrons. The van der Waals surface area contributed by atoms with Gasteiger partial charge in [0.1, 0.15) is 0 Å². The van der Waals surface area contributed by atoms with Crippen molar-refractivity contribution < 1.29 is 4.74 Å². The summed E-state index contributed by atoms with van der Waals surface area (Å²) < 4.78 is 5.48. The summed E-state index contributed by atoms with van der Waals surface area (Å²) in [4.78, 5) is 2.60. The molecule has 0 aromatic carbocycles. The fourth-order valence-electron chi connectivity index (χ4n) is 3.24. The van der Waals surface area contributed by atoms with Crippen LogP contribution in [0.5, 0.6) is 0 Å². The second-order valence-corrected chi connectivity index (χ2v) is 6.24. The van der Waals surface area contributed by atoms with Crippen molar-refractivity contribution in [1.82, 2.24) is 4.90 Å². The number of nitrogens with zero attached hydrogens (tertiary/aromatic N) is 1. The summed E-state index contributed by atoms with van der Waals surface area (Å²) in [5.74, 6) is 2.70. The molecule has 19 heavy (non-hydrogen) atoms. The molecule has 0 aromatic heterocycles. The highest BCUT2D eigenvalue weighted by Crippen LogP contribution is 2.33. The lowest BCUT2D eigenvalue weighted by atomic mass is 9.80. The highest BCUT2D eigenvalue weighted by molar-refractivity contribution is 4.88. The zero-order valence-corrected chi connectivity index (χ0v) is 13.5. The third kappa shape index (κ3) is 5.99. The Morgan fingerprint density at radius 1 is 1.16 bits per heavy atom. The highest BCUT2D eigenvalue weighted by atomic mass is 16.5. The Labute approximate surface area is 120 Å². The number of ether oxygens (including phenoxy) is 1. The summed E-state index contributed by atoms with van der Waals surface area (Å²) in [7, 11) is 0. The molecule has 2 heteroatoms. The molecule has 0 N–H and O–H groups in total. The van der Waals surface area contributed by atoms with E-state index in [9.17, 15) is 0 Å². The minimum absolute atomic E-state index is 0.681. The van der Waals surface area contributed by atoms with Crippen LogP contribution in [0.15, 0.2) is 12.3 Å². The SMILES string of the molecule is C=C(CC1CCC(CN(CC)C(C)C)CC1)OCC. The molecule has 1 aliphatic carbocycles. The molecule has 0 amide bonds. The average Bonchev–Trinajstić information content (AvgIpc) is 2.37. The van der Waals surface area contributed by atoms with Gasteiger partial charge < -0.3 is 9.64 Å². The first kappa shape index (κ1) is 16.6. The summed E-state index contributed by atoms with van der Waals surface area (Å²) in [6.07, 6.45) is 6.54. The monoisotopic (exact) mass is 267 g/mol. The molecule has 0 heterocycles. The van der Waals surface area contributed by atoms with E-state index in [1.54, 1.807) is 0 Å². The molecule has 0 bridgehead atoms. The van der Waals surface area contributed by atoms with E-state index in [4.69, 9.17) is 4.74 Å². The normalized spacial score (nSPS) is 23.9. The highest BCUT2D eigenvalue weighted by Gasteiger charge is 2.23. The van der Waals surface area contributed by atoms with Crippen molar-refractivity contribution in [3.8, 4) is 0 Å². The minimum atomic E-state index is 0.681. The van der Waals surface area contributed by atoms with Crippen LogP contribution in [0.25, 0.3) is 0 Å². The Balaban J connectivity index is 2.26. The van der Waals surface area contributed by atoms with Crippen LogP contribution >= 0.6 is 0 Å². The summed E-state index contributed by atoms with van der Waals surface area (Å²) in [6, 6.07) is 0.681. The minimum Gasteiger partial charge on any atom is -0.499 e. The van der Waals surface area contributed by atoms with Gasteiger partial charge in [0.25, 0.3) is 0 Å². The second kappa shape index (κ2) is 8.63. The van der Waals surface area contributed by atoms with Crippen LogP contribution in [0.1, 0.15) is 59.8 Å². The van der Waals surface area contributed by atoms with Gasteiger partial charge in [-0.1, -0.05) is 13.5 Å². The van der Waals surface area contributed by atoms with Crippen molar-refractivity contribution >= 4 is 0 Å². The zero-order chi connectivity index (χ0) is 14.3. The van der Waals surface area contributed by atoms with E-state index >= 15 is 0 Å². The van der Waals surface area contributed by atoms with Crippen molar-refractivity contribution in [3.05, 3.63) is 12.3 Å². The number of hydrogen-bond donors (Lipinski definition) is 0. The van der Waals surface area contributed by atoms with Crippen LogP contribution in [0.2, 0.25) is 0 Å². The van der Waals surface area contributed by atoms with Crippen LogP contribution in [0, 0.1) is 11.8 Å². The molecule has 1 aliphatic rings. The molecular weight excluding hydrogens is 234 g/mol. The molecular formula is C17H33NO. The van der Waals surface area contributed by atoms with Crippen LogP contribution < -0.4 is 0 Å². The maximum atomic E-state index is 5.48. The molecule has 1 rings (SSSR count). The molecule has 1 fully saturated rings. The van der Waals surface area contributed by atoms with E-state index in [2.05, 4.69) is 32.3 Å². The van der Waals surface area contributed by atoms with E-state index < -0.39 is 0 Å². The van der Waals surface area contributed by atoms with Gasteiger partial charge in [0, 0.05) is 19.0 Å². The van der Waals surface area contributed by atoms with Crippen LogP contribution in [0.4, 0.5) is 0 Å². The molecule has 0 spiro atoms. The summed E-state index contributed by atoms with van der Waals surface area (Å²) >= 11 is 0. The molecule has 0 aliphatic heterocycles. The van der Waals surface area contributed by atoms with Gasteiger partial charge in [-0.15, -0.1) is 0 Å². The standard InChI is InChI=1S/C17H33NO/c1-6-18(14(3)4)13-17-10-8-16(9-11-17)12-15(5)19-7-2/h14,16-17H,5-13H2,1-4H3. The first-order valence-corrected chi connectivity index (χ1v) is 8.11. The molecule has 0 radical (unpaired) electrons. The fraction of sp³-hybridized carbons (Fsp3) is 0.882. The van der Waals surface area contributed by atoms with Gasteiger partial charge in [-0.3, -0.25) is 0 Å². The molecule has 0 atom stereocenters. The maximum Gasteiger partial charge on any atom is 0.0890 e. The van der Waals surface area contributed by atoms with E-state index in [0.29, 0.717) is 6.04 Å². The lowest BCUT2D eigenvalue weighted by Crippen LogP contribution is -2.36. The smallest absolute Gasteiger partial charge is 0.0890 e. The quantitative estimate of drug-likeness (QED) is 0.602. The average molecular weight is 267 g/mol. The Morgan fingerprint density at radius 2 is 1.74 bits per heavy atom. The van der Waals surface area contributed by atoms with Crippen molar-refractivity contribution in [2.75, 3.05) is 19.7 Å². The summed E-state index contributed by atoms with van der Waals surface area (Å²) in [5, 5.41) is 0. The summed E-state index contributed by atoms with van der Waals surface area (Å²) in [5.41, 5.74) is 0. The number of allylic oxidation sites excluding steroid dienone is 1. The van der Waals surface area contributed by atoms with Crippen LogP contribution in [-0.4, -0.2) is 30.6 Å². The third-order valence-corrected chi connectivity index (χ3v) is 4.46. The number of hydrogen-bond acceptors (Lipinski definition) is 2. The van der Waals surface area contributed by atoms with Gasteiger partial charge in [0.15, 0.2) is 0 Å². The third-order valence-electron chi connectivity index (χ3n) is 4.46. The molecule has 0 unspecified atom stereocenters. The topological polar surface area (TPSA) is 12.5 Å². The predicted octanol–water partition coefficient (Wildman–Crippen LogP) is 4.46. The predicted molar refractivity (Wildman–Crippen MR) is 83.2 cm³/mol. The first-order chi connectivity index (χ1) is 9.06. The van der Waals surface area contributed by atoms with Crippen LogP contribution in [0.3, 0.4) is 0 Å². The zero-order valence-electron chi connectivity index (χ0n) is 13.5. The molecule has 1 saturated carbocycles.